The molecule has 1 atom stereocenters. The fraction of sp³-hybridized carbons (Fsp3) is 0.278. The van der Waals surface area contributed by atoms with Gasteiger partial charge in [-0.05, 0) is 48.1 Å². The highest BCUT2D eigenvalue weighted by Gasteiger charge is 2.09. The summed E-state index contributed by atoms with van der Waals surface area (Å²) < 4.78 is 5.85. The molecule has 0 heterocycles. The molecule has 1 unspecified atom stereocenters. The van der Waals surface area contributed by atoms with E-state index in [1.165, 1.54) is 11.5 Å². The third-order valence-corrected chi connectivity index (χ3v) is 3.40. The van der Waals surface area contributed by atoms with Crippen LogP contribution in [0, 0.1) is 11.8 Å². The predicted molar refractivity (Wildman–Crippen MR) is 80.4 cm³/mol. The first-order chi connectivity index (χ1) is 9.15. The number of ether oxygens (including phenoxy) is 1. The standard InChI is InChI=1S/C18H21O/c1-14(2)15(3)12-16-8-7-11-18(13-16)19-17-9-5-4-6-10-17/h4-11,13,15H,12H2,1-3H3. The van der Waals surface area contributed by atoms with Gasteiger partial charge in [-0.15, -0.1) is 0 Å². The van der Waals surface area contributed by atoms with Crippen molar-refractivity contribution in [3.63, 3.8) is 0 Å². The molecule has 0 fully saturated rings. The molecule has 19 heavy (non-hydrogen) atoms. The highest BCUT2D eigenvalue weighted by atomic mass is 16.5. The van der Waals surface area contributed by atoms with Gasteiger partial charge in [0, 0.05) is 0 Å². The van der Waals surface area contributed by atoms with Crippen molar-refractivity contribution in [1.29, 1.82) is 0 Å². The van der Waals surface area contributed by atoms with Gasteiger partial charge in [0.25, 0.3) is 0 Å². The molecule has 0 saturated carbocycles. The average molecular weight is 253 g/mol. The van der Waals surface area contributed by atoms with Crippen LogP contribution in [0.25, 0.3) is 0 Å². The molecule has 0 spiro atoms. The lowest BCUT2D eigenvalue weighted by atomic mass is 9.91. The quantitative estimate of drug-likeness (QED) is 0.705. The van der Waals surface area contributed by atoms with E-state index < -0.39 is 0 Å². The Morgan fingerprint density at radius 2 is 1.63 bits per heavy atom. The maximum absolute atomic E-state index is 5.85. The van der Waals surface area contributed by atoms with Gasteiger partial charge >= 0.3 is 0 Å². The Morgan fingerprint density at radius 1 is 0.947 bits per heavy atom. The molecule has 1 radical (unpaired) electrons. The van der Waals surface area contributed by atoms with E-state index in [0.29, 0.717) is 5.92 Å². The van der Waals surface area contributed by atoms with Crippen LogP contribution in [0.5, 0.6) is 11.5 Å². The Morgan fingerprint density at radius 3 is 2.32 bits per heavy atom. The Balaban J connectivity index is 2.07. The third kappa shape index (κ3) is 4.13. The maximum Gasteiger partial charge on any atom is 0.127 e. The molecular weight excluding hydrogens is 232 g/mol. The molecule has 1 nitrogen and oxygen atoms in total. The highest BCUT2D eigenvalue weighted by Crippen LogP contribution is 2.24. The number of benzene rings is 2. The van der Waals surface area contributed by atoms with Gasteiger partial charge in [0.05, 0.1) is 0 Å². The lowest BCUT2D eigenvalue weighted by molar-refractivity contribution is 0.481. The second kappa shape index (κ2) is 6.42. The van der Waals surface area contributed by atoms with Crippen molar-refractivity contribution in [3.8, 4) is 11.5 Å². The van der Waals surface area contributed by atoms with Gasteiger partial charge in [-0.2, -0.15) is 0 Å². The molecule has 0 aliphatic carbocycles. The summed E-state index contributed by atoms with van der Waals surface area (Å²) >= 11 is 0. The van der Waals surface area contributed by atoms with Crippen molar-refractivity contribution in [1.82, 2.24) is 0 Å². The van der Waals surface area contributed by atoms with Gasteiger partial charge in [0.2, 0.25) is 0 Å². The maximum atomic E-state index is 5.85. The van der Waals surface area contributed by atoms with E-state index in [-0.39, 0.29) is 0 Å². The summed E-state index contributed by atoms with van der Waals surface area (Å²) in [4.78, 5) is 0. The van der Waals surface area contributed by atoms with Crippen molar-refractivity contribution >= 4 is 0 Å². The number of rotatable bonds is 5. The van der Waals surface area contributed by atoms with Crippen molar-refractivity contribution < 1.29 is 4.74 Å². The van der Waals surface area contributed by atoms with Gasteiger partial charge in [0.15, 0.2) is 0 Å². The van der Waals surface area contributed by atoms with Crippen LogP contribution in [0.1, 0.15) is 26.3 Å². The summed E-state index contributed by atoms with van der Waals surface area (Å²) in [5, 5.41) is 0. The number of hydrogen-bond acceptors (Lipinski definition) is 1. The van der Waals surface area contributed by atoms with Crippen LogP contribution in [0.3, 0.4) is 0 Å². The van der Waals surface area contributed by atoms with Crippen molar-refractivity contribution in [2.75, 3.05) is 0 Å². The van der Waals surface area contributed by atoms with Crippen molar-refractivity contribution in [2.24, 2.45) is 5.92 Å². The molecule has 2 aromatic rings. The molecule has 0 aliphatic rings. The zero-order valence-electron chi connectivity index (χ0n) is 11.9. The van der Waals surface area contributed by atoms with Crippen LogP contribution in [-0.2, 0) is 6.42 Å². The van der Waals surface area contributed by atoms with E-state index >= 15 is 0 Å². The molecule has 99 valence electrons. The lowest BCUT2D eigenvalue weighted by Gasteiger charge is -2.15. The molecule has 0 aliphatic heterocycles. The first-order valence-corrected chi connectivity index (χ1v) is 6.77. The molecule has 0 bridgehead atoms. The second-order valence-electron chi connectivity index (χ2n) is 5.25. The zero-order valence-corrected chi connectivity index (χ0v) is 11.9. The topological polar surface area (TPSA) is 9.23 Å². The van der Waals surface area contributed by atoms with Gasteiger partial charge in [-0.1, -0.05) is 51.1 Å². The molecular formula is C18H21O. The zero-order chi connectivity index (χ0) is 13.7. The van der Waals surface area contributed by atoms with Crippen LogP contribution in [0.15, 0.2) is 54.6 Å². The minimum atomic E-state index is 0.604. The Bertz CT molecular complexity index is 502. The summed E-state index contributed by atoms with van der Waals surface area (Å²) in [7, 11) is 0. The van der Waals surface area contributed by atoms with Gasteiger partial charge in [-0.25, -0.2) is 0 Å². The summed E-state index contributed by atoms with van der Waals surface area (Å²) in [6, 6.07) is 18.3. The number of hydrogen-bond donors (Lipinski definition) is 0. The summed E-state index contributed by atoms with van der Waals surface area (Å²) in [5.41, 5.74) is 1.32. The van der Waals surface area contributed by atoms with Crippen molar-refractivity contribution in [3.05, 3.63) is 66.1 Å². The van der Waals surface area contributed by atoms with E-state index in [4.69, 9.17) is 4.74 Å². The molecule has 2 rings (SSSR count). The Kier molecular flexibility index (Phi) is 4.62. The Labute approximate surface area is 116 Å². The fourth-order valence-electron chi connectivity index (χ4n) is 1.92. The summed E-state index contributed by atoms with van der Waals surface area (Å²) in [6.07, 6.45) is 1.06. The Hall–Kier alpha value is -1.76. The monoisotopic (exact) mass is 253 g/mol. The number of para-hydroxylation sites is 1. The van der Waals surface area contributed by atoms with Gasteiger partial charge in [0.1, 0.15) is 11.5 Å². The molecule has 1 heteroatoms. The first kappa shape index (κ1) is 13.7. The van der Waals surface area contributed by atoms with E-state index in [2.05, 4.69) is 39.0 Å². The average Bonchev–Trinajstić information content (AvgIpc) is 2.40. The highest BCUT2D eigenvalue weighted by molar-refractivity contribution is 5.34. The van der Waals surface area contributed by atoms with E-state index in [1.54, 1.807) is 0 Å². The fourth-order valence-corrected chi connectivity index (χ4v) is 1.92. The van der Waals surface area contributed by atoms with Crippen LogP contribution in [0.4, 0.5) is 0 Å². The molecule has 0 saturated heterocycles. The van der Waals surface area contributed by atoms with E-state index in [9.17, 15) is 0 Å². The molecule has 0 aromatic heterocycles. The first-order valence-electron chi connectivity index (χ1n) is 6.77. The SMILES string of the molecule is C[C](C)C(C)Cc1cccc(Oc2ccccc2)c1. The largest absolute Gasteiger partial charge is 0.457 e. The summed E-state index contributed by atoms with van der Waals surface area (Å²) in [6.45, 7) is 6.64. The van der Waals surface area contributed by atoms with Crippen LogP contribution in [-0.4, -0.2) is 0 Å². The van der Waals surface area contributed by atoms with Crippen LogP contribution >= 0.6 is 0 Å². The molecule has 2 aromatic carbocycles. The predicted octanol–water partition coefficient (Wildman–Crippen LogP) is 5.27. The smallest absolute Gasteiger partial charge is 0.127 e. The molecule has 0 N–H and O–H groups in total. The lowest BCUT2D eigenvalue weighted by Crippen LogP contribution is -2.05. The van der Waals surface area contributed by atoms with Crippen LogP contribution < -0.4 is 4.74 Å². The van der Waals surface area contributed by atoms with E-state index in [0.717, 1.165) is 17.9 Å². The molecule has 0 amide bonds. The normalized spacial score (nSPS) is 12.4. The minimum Gasteiger partial charge on any atom is -0.457 e. The second-order valence-corrected chi connectivity index (χ2v) is 5.25. The third-order valence-electron chi connectivity index (χ3n) is 3.40. The van der Waals surface area contributed by atoms with E-state index in [1.807, 2.05) is 36.4 Å². The van der Waals surface area contributed by atoms with Crippen molar-refractivity contribution in [2.45, 2.75) is 27.2 Å². The van der Waals surface area contributed by atoms with Gasteiger partial charge < -0.3 is 4.74 Å². The minimum absolute atomic E-state index is 0.604. The van der Waals surface area contributed by atoms with Gasteiger partial charge in [-0.3, -0.25) is 0 Å². The van der Waals surface area contributed by atoms with Crippen LogP contribution in [0.2, 0.25) is 0 Å². The summed E-state index contributed by atoms with van der Waals surface area (Å²) in [5.74, 6) is 3.86.